The monoisotopic (exact) mass is 315 g/mol. The van der Waals surface area contributed by atoms with E-state index in [1.54, 1.807) is 21.0 Å². The summed E-state index contributed by atoms with van der Waals surface area (Å²) >= 11 is 3.15. The van der Waals surface area contributed by atoms with Gasteiger partial charge in [-0.05, 0) is 28.9 Å². The van der Waals surface area contributed by atoms with E-state index < -0.39 is 12.0 Å². The summed E-state index contributed by atoms with van der Waals surface area (Å²) in [5.41, 5.74) is 0.0165. The van der Waals surface area contributed by atoms with Crippen LogP contribution in [0.4, 0.5) is 5.82 Å². The molecule has 0 bridgehead atoms. The number of anilines is 1. The molecular formula is C11H14BrN3O3. The van der Waals surface area contributed by atoms with E-state index in [0.29, 0.717) is 4.47 Å². The fourth-order valence-electron chi connectivity index (χ4n) is 1.37. The average Bonchev–Trinajstić information content (AvgIpc) is 2.29. The van der Waals surface area contributed by atoms with E-state index in [2.05, 4.69) is 26.2 Å². The Bertz CT molecular complexity index is 477. The molecule has 18 heavy (non-hydrogen) atoms. The normalized spacial score (nSPS) is 11.8. The lowest BCUT2D eigenvalue weighted by Crippen LogP contribution is -2.37. The predicted molar refractivity (Wildman–Crippen MR) is 70.7 cm³/mol. The molecule has 2 N–H and O–H groups in total. The van der Waals surface area contributed by atoms with E-state index in [4.69, 9.17) is 5.11 Å². The molecule has 1 aromatic rings. The number of nitrogens with zero attached hydrogens (tertiary/aromatic N) is 2. The van der Waals surface area contributed by atoms with E-state index in [0.717, 1.165) is 0 Å². The summed E-state index contributed by atoms with van der Waals surface area (Å²) in [5, 5.41) is 11.9. The molecule has 0 aliphatic heterocycles. The third-order valence-corrected chi connectivity index (χ3v) is 2.68. The van der Waals surface area contributed by atoms with E-state index in [9.17, 15) is 9.59 Å². The zero-order chi connectivity index (χ0) is 13.9. The molecule has 1 atom stereocenters. The van der Waals surface area contributed by atoms with Crippen molar-refractivity contribution < 1.29 is 14.7 Å². The van der Waals surface area contributed by atoms with Gasteiger partial charge in [-0.25, -0.2) is 9.78 Å². The van der Waals surface area contributed by atoms with Crippen molar-refractivity contribution in [3.8, 4) is 0 Å². The predicted octanol–water partition coefficient (Wildman–Crippen LogP) is 1.43. The van der Waals surface area contributed by atoms with Crippen molar-refractivity contribution in [3.63, 3.8) is 0 Å². The number of halogens is 1. The number of likely N-dealkylation sites (N-methyl/N-ethyl adjacent to an activating group) is 1. The number of aromatic nitrogens is 1. The first kappa shape index (κ1) is 14.4. The highest BCUT2D eigenvalue weighted by atomic mass is 79.9. The van der Waals surface area contributed by atoms with E-state index in [1.165, 1.54) is 17.2 Å². The first-order valence-electron chi connectivity index (χ1n) is 5.19. The van der Waals surface area contributed by atoms with Crippen LogP contribution in [0.3, 0.4) is 0 Å². The lowest BCUT2D eigenvalue weighted by atomic mass is 10.2. The molecule has 1 rings (SSSR count). The maximum Gasteiger partial charge on any atom is 0.339 e. The number of amides is 1. The van der Waals surface area contributed by atoms with Crippen LogP contribution in [0, 0.1) is 0 Å². The summed E-state index contributed by atoms with van der Waals surface area (Å²) < 4.78 is 0.567. The lowest BCUT2D eigenvalue weighted by molar-refractivity contribution is -0.129. The number of nitrogens with one attached hydrogen (secondary N) is 1. The van der Waals surface area contributed by atoms with Crippen molar-refractivity contribution in [1.29, 1.82) is 0 Å². The minimum atomic E-state index is -1.10. The maximum absolute atomic E-state index is 11.7. The number of pyridine rings is 1. The number of carboxylic acids is 1. The van der Waals surface area contributed by atoms with Crippen LogP contribution in [-0.2, 0) is 4.79 Å². The van der Waals surface area contributed by atoms with Crippen molar-refractivity contribution in [2.45, 2.75) is 13.0 Å². The minimum Gasteiger partial charge on any atom is -0.478 e. The van der Waals surface area contributed by atoms with Gasteiger partial charge in [0.05, 0.1) is 0 Å². The molecule has 1 heterocycles. The maximum atomic E-state index is 11.7. The van der Waals surface area contributed by atoms with Gasteiger partial charge in [0.25, 0.3) is 0 Å². The highest BCUT2D eigenvalue weighted by Gasteiger charge is 2.19. The molecule has 0 saturated heterocycles. The van der Waals surface area contributed by atoms with Crippen LogP contribution < -0.4 is 5.32 Å². The Kier molecular flexibility index (Phi) is 4.66. The van der Waals surface area contributed by atoms with Crippen LogP contribution >= 0.6 is 15.9 Å². The fraction of sp³-hybridized carbons (Fsp3) is 0.364. The van der Waals surface area contributed by atoms with Crippen molar-refractivity contribution in [2.24, 2.45) is 0 Å². The summed E-state index contributed by atoms with van der Waals surface area (Å²) in [6.07, 6.45) is 1.47. The molecule has 7 heteroatoms. The number of carboxylic acid groups (broad SMARTS) is 1. The van der Waals surface area contributed by atoms with E-state index in [-0.39, 0.29) is 17.3 Å². The molecule has 0 spiro atoms. The Hall–Kier alpha value is -1.63. The SMILES string of the molecule is CC(Nc1ncc(Br)cc1C(=O)O)C(=O)N(C)C. The van der Waals surface area contributed by atoms with E-state index >= 15 is 0 Å². The Balaban J connectivity index is 2.97. The van der Waals surface area contributed by atoms with Crippen LogP contribution in [0.1, 0.15) is 17.3 Å². The Labute approximate surface area is 113 Å². The third-order valence-electron chi connectivity index (χ3n) is 2.25. The molecule has 0 fully saturated rings. The third kappa shape index (κ3) is 3.43. The number of hydrogen-bond acceptors (Lipinski definition) is 4. The van der Waals surface area contributed by atoms with Crippen LogP contribution in [0.15, 0.2) is 16.7 Å². The first-order chi connectivity index (χ1) is 8.32. The topological polar surface area (TPSA) is 82.5 Å². The number of rotatable bonds is 4. The first-order valence-corrected chi connectivity index (χ1v) is 5.98. The van der Waals surface area contributed by atoms with Gasteiger partial charge in [-0.1, -0.05) is 0 Å². The summed E-state index contributed by atoms with van der Waals surface area (Å²) in [5.74, 6) is -1.08. The quantitative estimate of drug-likeness (QED) is 0.878. The van der Waals surface area contributed by atoms with Crippen molar-refractivity contribution in [2.75, 3.05) is 19.4 Å². The second-order valence-corrected chi connectivity index (χ2v) is 4.87. The zero-order valence-electron chi connectivity index (χ0n) is 10.3. The van der Waals surface area contributed by atoms with E-state index in [1.807, 2.05) is 0 Å². The molecule has 1 aromatic heterocycles. The molecule has 0 aromatic carbocycles. The largest absolute Gasteiger partial charge is 0.478 e. The van der Waals surface area contributed by atoms with Crippen LogP contribution in [0.5, 0.6) is 0 Å². The van der Waals surface area contributed by atoms with Crippen LogP contribution in [0.2, 0.25) is 0 Å². The van der Waals surface area contributed by atoms with Crippen molar-refractivity contribution in [3.05, 3.63) is 22.3 Å². The fourth-order valence-corrected chi connectivity index (χ4v) is 1.70. The molecule has 0 radical (unpaired) electrons. The number of hydrogen-bond donors (Lipinski definition) is 2. The highest BCUT2D eigenvalue weighted by Crippen LogP contribution is 2.18. The van der Waals surface area contributed by atoms with Gasteiger partial charge in [-0.2, -0.15) is 0 Å². The van der Waals surface area contributed by atoms with Gasteiger partial charge in [-0.15, -0.1) is 0 Å². The number of carbonyl (C=O) groups excluding carboxylic acids is 1. The smallest absolute Gasteiger partial charge is 0.339 e. The number of aromatic carboxylic acids is 1. The molecule has 6 nitrogen and oxygen atoms in total. The van der Waals surface area contributed by atoms with Gasteiger partial charge < -0.3 is 15.3 Å². The molecule has 0 saturated carbocycles. The lowest BCUT2D eigenvalue weighted by Gasteiger charge is -2.19. The summed E-state index contributed by atoms with van der Waals surface area (Å²) in [6, 6.07) is 0.886. The standard InChI is InChI=1S/C11H14BrN3O3/c1-6(10(16)15(2)3)14-9-8(11(17)18)4-7(12)5-13-9/h4-6H,1-3H3,(H,13,14)(H,17,18). The molecular weight excluding hydrogens is 302 g/mol. The van der Waals surface area contributed by atoms with Crippen molar-refractivity contribution >= 4 is 33.6 Å². The van der Waals surface area contributed by atoms with Crippen molar-refractivity contribution in [1.82, 2.24) is 9.88 Å². The zero-order valence-corrected chi connectivity index (χ0v) is 11.9. The van der Waals surface area contributed by atoms with Gasteiger partial charge in [0.2, 0.25) is 5.91 Å². The van der Waals surface area contributed by atoms with Gasteiger partial charge in [0.15, 0.2) is 0 Å². The Morgan fingerprint density at radius 3 is 2.61 bits per heavy atom. The Morgan fingerprint density at radius 2 is 2.11 bits per heavy atom. The van der Waals surface area contributed by atoms with Crippen LogP contribution in [-0.4, -0.2) is 47.0 Å². The summed E-state index contributed by atoms with van der Waals surface area (Å²) in [7, 11) is 3.27. The van der Waals surface area contributed by atoms with Gasteiger partial charge in [-0.3, -0.25) is 4.79 Å². The van der Waals surface area contributed by atoms with Crippen LogP contribution in [0.25, 0.3) is 0 Å². The highest BCUT2D eigenvalue weighted by molar-refractivity contribution is 9.10. The average molecular weight is 316 g/mol. The Morgan fingerprint density at radius 1 is 1.50 bits per heavy atom. The molecule has 1 unspecified atom stereocenters. The minimum absolute atomic E-state index is 0.0165. The summed E-state index contributed by atoms with van der Waals surface area (Å²) in [6.45, 7) is 1.65. The molecule has 0 aliphatic carbocycles. The summed E-state index contributed by atoms with van der Waals surface area (Å²) in [4.78, 5) is 28.1. The molecule has 0 aliphatic rings. The molecule has 98 valence electrons. The van der Waals surface area contributed by atoms with Gasteiger partial charge in [0, 0.05) is 24.8 Å². The number of carbonyl (C=O) groups is 2. The second-order valence-electron chi connectivity index (χ2n) is 3.95. The molecule has 1 amide bonds. The van der Waals surface area contributed by atoms with Gasteiger partial charge >= 0.3 is 5.97 Å². The second kappa shape index (κ2) is 5.81. The van der Waals surface area contributed by atoms with Gasteiger partial charge in [0.1, 0.15) is 17.4 Å².